The zero-order valence-corrected chi connectivity index (χ0v) is 25.9. The quantitative estimate of drug-likeness (QED) is 0.177. The van der Waals surface area contributed by atoms with Gasteiger partial charge in [0.15, 0.2) is 10.6 Å². The van der Waals surface area contributed by atoms with Crippen LogP contribution in [0.3, 0.4) is 0 Å². The molecule has 0 aliphatic carbocycles. The SMILES string of the molecule is CCCc1ccc(C)cc1-n1c(C)cs/c1=N\C(=O)N/C=C(\C#N)c1ccc(-c2ncn(-c3ccc(OC(F)(F)F)cc3)n2)cc1. The summed E-state index contributed by atoms with van der Waals surface area (Å²) in [6, 6.07) is 19.8. The van der Waals surface area contributed by atoms with Gasteiger partial charge in [0.1, 0.15) is 18.1 Å². The molecule has 0 fully saturated rings. The maximum absolute atomic E-state index is 12.9. The first-order chi connectivity index (χ1) is 22.0. The van der Waals surface area contributed by atoms with Crippen LogP contribution in [0.5, 0.6) is 5.75 Å². The van der Waals surface area contributed by atoms with E-state index >= 15 is 0 Å². The Kier molecular flexibility index (Phi) is 9.48. The number of amides is 2. The van der Waals surface area contributed by atoms with Crippen LogP contribution < -0.4 is 14.9 Å². The van der Waals surface area contributed by atoms with Gasteiger partial charge in [-0.2, -0.15) is 10.3 Å². The third-order valence-corrected chi connectivity index (χ3v) is 7.76. The lowest BCUT2D eigenvalue weighted by Gasteiger charge is -2.13. The van der Waals surface area contributed by atoms with E-state index in [2.05, 4.69) is 56.3 Å². The Labute approximate surface area is 266 Å². The number of ether oxygens (including phenoxy) is 1. The molecular weight excluding hydrogens is 615 g/mol. The van der Waals surface area contributed by atoms with Gasteiger partial charge in [0.25, 0.3) is 0 Å². The minimum Gasteiger partial charge on any atom is -0.406 e. The van der Waals surface area contributed by atoms with Crippen LogP contribution in [0.4, 0.5) is 18.0 Å². The smallest absolute Gasteiger partial charge is 0.406 e. The molecule has 1 N–H and O–H groups in total. The molecule has 0 aliphatic heterocycles. The lowest BCUT2D eigenvalue weighted by atomic mass is 10.1. The average Bonchev–Trinajstić information content (AvgIpc) is 3.65. The van der Waals surface area contributed by atoms with Crippen LogP contribution in [0.2, 0.25) is 0 Å². The van der Waals surface area contributed by atoms with Gasteiger partial charge >= 0.3 is 12.4 Å². The van der Waals surface area contributed by atoms with E-state index in [0.29, 0.717) is 27.4 Å². The van der Waals surface area contributed by atoms with Crippen molar-refractivity contribution in [2.24, 2.45) is 4.99 Å². The topological polar surface area (TPSA) is 110 Å². The molecule has 0 radical (unpaired) electrons. The first-order valence-electron chi connectivity index (χ1n) is 14.2. The number of halogens is 3. The number of alkyl halides is 3. The van der Waals surface area contributed by atoms with Gasteiger partial charge < -0.3 is 10.1 Å². The van der Waals surface area contributed by atoms with Crippen molar-refractivity contribution in [2.75, 3.05) is 0 Å². The molecule has 2 heterocycles. The Morgan fingerprint density at radius 2 is 1.85 bits per heavy atom. The van der Waals surface area contributed by atoms with Gasteiger partial charge in [0.05, 0.1) is 16.9 Å². The number of rotatable bonds is 8. The number of nitrogens with zero attached hydrogens (tertiary/aromatic N) is 6. The lowest BCUT2D eigenvalue weighted by molar-refractivity contribution is -0.274. The van der Waals surface area contributed by atoms with Gasteiger partial charge in [-0.05, 0) is 67.3 Å². The molecule has 0 bridgehead atoms. The van der Waals surface area contributed by atoms with Gasteiger partial charge in [-0.1, -0.05) is 49.7 Å². The minimum atomic E-state index is -4.78. The number of thiazole rings is 1. The number of carbonyl (C=O) groups is 1. The maximum Gasteiger partial charge on any atom is 0.573 e. The van der Waals surface area contributed by atoms with E-state index in [1.54, 1.807) is 24.3 Å². The van der Waals surface area contributed by atoms with E-state index in [9.17, 15) is 23.2 Å². The van der Waals surface area contributed by atoms with Crippen molar-refractivity contribution in [3.8, 4) is 34.6 Å². The molecule has 3 aromatic carbocycles. The Hall–Kier alpha value is -5.48. The summed E-state index contributed by atoms with van der Waals surface area (Å²) in [7, 11) is 0. The van der Waals surface area contributed by atoms with E-state index in [0.717, 1.165) is 29.8 Å². The van der Waals surface area contributed by atoms with Crippen LogP contribution in [0, 0.1) is 25.2 Å². The van der Waals surface area contributed by atoms with Crippen molar-refractivity contribution < 1.29 is 22.7 Å². The van der Waals surface area contributed by atoms with Crippen LogP contribution in [0.15, 0.2) is 89.6 Å². The van der Waals surface area contributed by atoms with Gasteiger partial charge in [0.2, 0.25) is 0 Å². The van der Waals surface area contributed by atoms with E-state index in [4.69, 9.17) is 0 Å². The highest BCUT2D eigenvalue weighted by Crippen LogP contribution is 2.25. The number of allylic oxidation sites excluding steroid dienone is 1. The van der Waals surface area contributed by atoms with E-state index in [-0.39, 0.29) is 11.3 Å². The van der Waals surface area contributed by atoms with Crippen molar-refractivity contribution in [2.45, 2.75) is 40.0 Å². The Morgan fingerprint density at radius 1 is 1.11 bits per heavy atom. The number of aryl methyl sites for hydroxylation is 3. The molecule has 0 aliphatic rings. The molecule has 234 valence electrons. The summed E-state index contributed by atoms with van der Waals surface area (Å²) in [4.78, 5) is 21.9. The summed E-state index contributed by atoms with van der Waals surface area (Å²) >= 11 is 1.36. The molecule has 2 amide bonds. The van der Waals surface area contributed by atoms with Crippen molar-refractivity contribution in [1.82, 2.24) is 24.6 Å². The van der Waals surface area contributed by atoms with Gasteiger partial charge in [-0.3, -0.25) is 4.57 Å². The molecule has 2 aromatic heterocycles. The van der Waals surface area contributed by atoms with Gasteiger partial charge in [-0.25, -0.2) is 14.5 Å². The van der Waals surface area contributed by atoms with E-state index in [1.165, 1.54) is 58.4 Å². The van der Waals surface area contributed by atoms with Crippen molar-refractivity contribution in [1.29, 1.82) is 5.26 Å². The molecule has 0 spiro atoms. The van der Waals surface area contributed by atoms with E-state index in [1.807, 2.05) is 23.8 Å². The number of benzene rings is 3. The molecule has 0 atom stereocenters. The molecular formula is C33H28F3N7O2S. The van der Waals surface area contributed by atoms with Gasteiger partial charge in [-0.15, -0.1) is 29.6 Å². The summed E-state index contributed by atoms with van der Waals surface area (Å²) in [6.07, 6.45) is -0.142. The molecule has 5 aromatic rings. The largest absolute Gasteiger partial charge is 0.573 e. The Bertz CT molecular complexity index is 2000. The van der Waals surface area contributed by atoms with Crippen LogP contribution in [-0.4, -0.2) is 31.7 Å². The lowest BCUT2D eigenvalue weighted by Crippen LogP contribution is -2.22. The van der Waals surface area contributed by atoms with Crippen LogP contribution in [0.1, 0.15) is 35.7 Å². The van der Waals surface area contributed by atoms with Crippen LogP contribution in [0.25, 0.3) is 28.3 Å². The second kappa shape index (κ2) is 13.7. The molecule has 0 unspecified atom stereocenters. The Balaban J connectivity index is 1.30. The normalized spacial score (nSPS) is 12.2. The number of hydrogen-bond donors (Lipinski definition) is 1. The van der Waals surface area contributed by atoms with Crippen LogP contribution >= 0.6 is 11.3 Å². The van der Waals surface area contributed by atoms with Crippen molar-refractivity contribution >= 4 is 22.9 Å². The zero-order valence-electron chi connectivity index (χ0n) is 25.0. The van der Waals surface area contributed by atoms with Crippen LogP contribution in [-0.2, 0) is 6.42 Å². The third kappa shape index (κ3) is 7.59. The second-order valence-electron chi connectivity index (χ2n) is 10.2. The first-order valence-corrected chi connectivity index (χ1v) is 15.0. The fourth-order valence-electron chi connectivity index (χ4n) is 4.68. The number of urea groups is 1. The standard InChI is InChI=1S/C33H28F3N7O2S/c1-4-5-24-7-6-21(2)16-29(24)43-22(3)19-46-32(43)40-31(44)38-18-26(17-37)23-8-10-25(11-9-23)30-39-20-42(41-30)27-12-14-28(15-13-27)45-33(34,35)36/h6-16,18-20H,4-5H2,1-3H3,(H,38,44)/b26-18+,40-32-. The second-order valence-corrected chi connectivity index (χ2v) is 11.1. The molecule has 0 saturated heterocycles. The number of aromatic nitrogens is 4. The number of nitriles is 1. The monoisotopic (exact) mass is 643 g/mol. The predicted molar refractivity (Wildman–Crippen MR) is 168 cm³/mol. The number of nitrogens with one attached hydrogen (secondary N) is 1. The summed E-state index contributed by atoms with van der Waals surface area (Å²) in [5, 5.41) is 18.7. The molecule has 13 heteroatoms. The summed E-state index contributed by atoms with van der Waals surface area (Å²) in [5.41, 5.74) is 6.13. The highest BCUT2D eigenvalue weighted by atomic mass is 32.1. The third-order valence-electron chi connectivity index (χ3n) is 6.82. The number of carbonyl (C=O) groups excluding carboxylic acids is 1. The fourth-order valence-corrected chi connectivity index (χ4v) is 5.54. The average molecular weight is 644 g/mol. The first kappa shape index (κ1) is 31.9. The maximum atomic E-state index is 12.9. The highest BCUT2D eigenvalue weighted by molar-refractivity contribution is 7.07. The number of hydrogen-bond acceptors (Lipinski definition) is 6. The fraction of sp³-hybridized carbons (Fsp3) is 0.182. The summed E-state index contributed by atoms with van der Waals surface area (Å²) in [5.74, 6) is 0.0268. The van der Waals surface area contributed by atoms with Crippen molar-refractivity contribution in [3.05, 3.63) is 112 Å². The van der Waals surface area contributed by atoms with Crippen molar-refractivity contribution in [3.63, 3.8) is 0 Å². The summed E-state index contributed by atoms with van der Waals surface area (Å²) < 4.78 is 44.6. The predicted octanol–water partition coefficient (Wildman–Crippen LogP) is 7.43. The van der Waals surface area contributed by atoms with E-state index < -0.39 is 12.4 Å². The molecule has 5 rings (SSSR count). The molecule has 46 heavy (non-hydrogen) atoms. The Morgan fingerprint density at radius 3 is 2.52 bits per heavy atom. The summed E-state index contributed by atoms with van der Waals surface area (Å²) in [6.45, 7) is 6.12. The molecule has 0 saturated carbocycles. The zero-order chi connectivity index (χ0) is 32.8. The minimum absolute atomic E-state index is 0.217. The van der Waals surface area contributed by atoms with Gasteiger partial charge in [0, 0.05) is 22.8 Å². The highest BCUT2D eigenvalue weighted by Gasteiger charge is 2.31. The molecule has 9 nitrogen and oxygen atoms in total.